The molecule has 1 aliphatic rings. The van der Waals surface area contributed by atoms with Gasteiger partial charge in [-0.2, -0.15) is 0 Å². The smallest absolute Gasteiger partial charge is 0.326 e. The van der Waals surface area contributed by atoms with Gasteiger partial charge in [-0.15, -0.1) is 0 Å². The molecule has 0 aromatic heterocycles. The van der Waals surface area contributed by atoms with Gasteiger partial charge in [-0.05, 0) is 12.3 Å². The van der Waals surface area contributed by atoms with Crippen molar-refractivity contribution in [3.8, 4) is 0 Å². The van der Waals surface area contributed by atoms with Gasteiger partial charge in [0.2, 0.25) is 0 Å². The van der Waals surface area contributed by atoms with Crippen molar-refractivity contribution in [1.82, 2.24) is 15.5 Å². The fourth-order valence-electron chi connectivity index (χ4n) is 2.26. The molecule has 2 amide bonds. The maximum atomic E-state index is 11.9. The summed E-state index contributed by atoms with van der Waals surface area (Å²) in [6, 6.07) is -1.43. The third-order valence-electron chi connectivity index (χ3n) is 3.40. The largest absolute Gasteiger partial charge is 0.480 e. The monoisotopic (exact) mass is 301 g/mol. The van der Waals surface area contributed by atoms with Crippen molar-refractivity contribution in [1.29, 1.82) is 0 Å². The molecule has 0 spiro atoms. The Balaban J connectivity index is 2.42. The van der Waals surface area contributed by atoms with Crippen molar-refractivity contribution in [2.45, 2.75) is 39.8 Å². The predicted molar refractivity (Wildman–Crippen MR) is 79.3 cm³/mol. The molecule has 122 valence electrons. The molecule has 21 heavy (non-hydrogen) atoms. The van der Waals surface area contributed by atoms with Crippen LogP contribution in [-0.4, -0.2) is 66.9 Å². The van der Waals surface area contributed by atoms with E-state index in [0.717, 1.165) is 19.6 Å². The molecule has 2 atom stereocenters. The zero-order chi connectivity index (χ0) is 16.0. The number of urea groups is 1. The summed E-state index contributed by atoms with van der Waals surface area (Å²) in [5.74, 6) is -1.03. The van der Waals surface area contributed by atoms with E-state index in [1.54, 1.807) is 20.8 Å². The number of hydrogen-bond donors (Lipinski definition) is 3. The Kier molecular flexibility index (Phi) is 6.42. The maximum Gasteiger partial charge on any atom is 0.326 e. The van der Waals surface area contributed by atoms with Crippen molar-refractivity contribution >= 4 is 12.0 Å². The average molecular weight is 301 g/mol. The number of carbonyl (C=O) groups excluding carboxylic acids is 1. The number of rotatable bonds is 5. The van der Waals surface area contributed by atoms with Crippen LogP contribution in [0.1, 0.15) is 27.7 Å². The molecule has 0 radical (unpaired) electrons. The first-order valence-corrected chi connectivity index (χ1v) is 7.30. The van der Waals surface area contributed by atoms with Gasteiger partial charge >= 0.3 is 12.0 Å². The number of nitrogens with zero attached hydrogens (tertiary/aromatic N) is 1. The lowest BCUT2D eigenvalue weighted by molar-refractivity contribution is -0.141. The molecule has 1 heterocycles. The lowest BCUT2D eigenvalue weighted by Gasteiger charge is -2.31. The van der Waals surface area contributed by atoms with Gasteiger partial charge in [0.15, 0.2) is 0 Å². The van der Waals surface area contributed by atoms with Crippen LogP contribution < -0.4 is 10.6 Å². The molecule has 0 aromatic rings. The number of carboxylic acid groups (broad SMARTS) is 1. The quantitative estimate of drug-likeness (QED) is 0.688. The van der Waals surface area contributed by atoms with Crippen LogP contribution in [0.3, 0.4) is 0 Å². The fourth-order valence-corrected chi connectivity index (χ4v) is 2.26. The minimum absolute atomic E-state index is 0.0579. The fraction of sp³-hybridized carbons (Fsp3) is 0.857. The van der Waals surface area contributed by atoms with E-state index >= 15 is 0 Å². The summed E-state index contributed by atoms with van der Waals surface area (Å²) in [5, 5.41) is 14.5. The van der Waals surface area contributed by atoms with Gasteiger partial charge in [-0.25, -0.2) is 9.59 Å². The second kappa shape index (κ2) is 7.61. The van der Waals surface area contributed by atoms with E-state index < -0.39 is 23.5 Å². The summed E-state index contributed by atoms with van der Waals surface area (Å²) in [5.41, 5.74) is -0.545. The van der Waals surface area contributed by atoms with Crippen molar-refractivity contribution in [2.24, 2.45) is 5.41 Å². The highest BCUT2D eigenvalue weighted by atomic mass is 16.5. The SMILES string of the molecule is CC(CN1CCOCC1)NC(=O)NC(C(=O)O)C(C)(C)C. The normalized spacial score (nSPS) is 19.6. The number of carboxylic acids is 1. The molecule has 3 N–H and O–H groups in total. The Morgan fingerprint density at radius 3 is 2.29 bits per heavy atom. The Morgan fingerprint density at radius 2 is 1.81 bits per heavy atom. The molecule has 1 fully saturated rings. The second-order valence-electron chi connectivity index (χ2n) is 6.57. The molecule has 7 nitrogen and oxygen atoms in total. The molecule has 1 rings (SSSR count). The van der Waals surface area contributed by atoms with Crippen molar-refractivity contribution in [3.63, 3.8) is 0 Å². The van der Waals surface area contributed by atoms with Crippen LogP contribution in [0.4, 0.5) is 4.79 Å². The summed E-state index contributed by atoms with van der Waals surface area (Å²) in [6.45, 7) is 11.1. The zero-order valence-electron chi connectivity index (χ0n) is 13.3. The highest BCUT2D eigenvalue weighted by Gasteiger charge is 2.32. The summed E-state index contributed by atoms with van der Waals surface area (Å²) < 4.78 is 5.27. The van der Waals surface area contributed by atoms with Crippen molar-refractivity contribution in [3.05, 3.63) is 0 Å². The first-order chi connectivity index (χ1) is 9.70. The average Bonchev–Trinajstić information content (AvgIpc) is 2.35. The Bertz CT molecular complexity index is 362. The van der Waals surface area contributed by atoms with Gasteiger partial charge in [0.1, 0.15) is 6.04 Å². The molecule has 0 saturated carbocycles. The molecule has 1 aliphatic heterocycles. The lowest BCUT2D eigenvalue weighted by atomic mass is 9.87. The molecule has 2 unspecified atom stereocenters. The highest BCUT2D eigenvalue weighted by molar-refractivity contribution is 5.83. The van der Waals surface area contributed by atoms with E-state index in [2.05, 4.69) is 15.5 Å². The molecule has 0 aromatic carbocycles. The van der Waals surface area contributed by atoms with Crippen LogP contribution in [0.25, 0.3) is 0 Å². The third kappa shape index (κ3) is 6.31. The molecule has 7 heteroatoms. The summed E-state index contributed by atoms with van der Waals surface area (Å²) in [6.07, 6.45) is 0. The van der Waals surface area contributed by atoms with Gasteiger partial charge in [0.25, 0.3) is 0 Å². The minimum Gasteiger partial charge on any atom is -0.480 e. The second-order valence-corrected chi connectivity index (χ2v) is 6.57. The standard InChI is InChI=1S/C14H27N3O4/c1-10(9-17-5-7-21-8-6-17)15-13(20)16-11(12(18)19)14(2,3)4/h10-11H,5-9H2,1-4H3,(H,18,19)(H2,15,16,20). The van der Waals surface area contributed by atoms with Crippen LogP contribution in [0.2, 0.25) is 0 Å². The van der Waals surface area contributed by atoms with Crippen LogP contribution in [-0.2, 0) is 9.53 Å². The van der Waals surface area contributed by atoms with Crippen molar-refractivity contribution in [2.75, 3.05) is 32.8 Å². The number of nitrogens with one attached hydrogen (secondary N) is 2. The number of ether oxygens (including phenoxy) is 1. The van der Waals surface area contributed by atoms with Crippen molar-refractivity contribution < 1.29 is 19.4 Å². The van der Waals surface area contributed by atoms with E-state index in [9.17, 15) is 14.7 Å². The molecule has 0 bridgehead atoms. The van der Waals surface area contributed by atoms with Gasteiger partial charge in [0, 0.05) is 25.7 Å². The molecule has 0 aliphatic carbocycles. The number of carbonyl (C=O) groups is 2. The molecular formula is C14H27N3O4. The maximum absolute atomic E-state index is 11.9. The zero-order valence-corrected chi connectivity index (χ0v) is 13.3. The number of amides is 2. The van der Waals surface area contributed by atoms with Crippen LogP contribution in [0, 0.1) is 5.41 Å². The minimum atomic E-state index is -1.03. The Labute approximate surface area is 126 Å². The topological polar surface area (TPSA) is 90.9 Å². The first kappa shape index (κ1) is 17.7. The van der Waals surface area contributed by atoms with Gasteiger partial charge in [-0.3, -0.25) is 4.90 Å². The van der Waals surface area contributed by atoms with Crippen LogP contribution >= 0.6 is 0 Å². The number of aliphatic carboxylic acids is 1. The number of morpholine rings is 1. The molecule has 1 saturated heterocycles. The first-order valence-electron chi connectivity index (χ1n) is 7.30. The van der Waals surface area contributed by atoms with E-state index in [-0.39, 0.29) is 6.04 Å². The third-order valence-corrected chi connectivity index (χ3v) is 3.40. The number of hydrogen-bond acceptors (Lipinski definition) is 4. The van der Waals surface area contributed by atoms with E-state index in [1.165, 1.54) is 0 Å². The van der Waals surface area contributed by atoms with Gasteiger partial charge in [0.05, 0.1) is 13.2 Å². The van der Waals surface area contributed by atoms with Gasteiger partial charge in [-0.1, -0.05) is 20.8 Å². The van der Waals surface area contributed by atoms with E-state index in [1.807, 2.05) is 6.92 Å². The summed E-state index contributed by atoms with van der Waals surface area (Å²) >= 11 is 0. The Hall–Kier alpha value is -1.34. The van der Waals surface area contributed by atoms with Crippen LogP contribution in [0.5, 0.6) is 0 Å². The van der Waals surface area contributed by atoms with E-state index in [0.29, 0.717) is 13.2 Å². The van der Waals surface area contributed by atoms with E-state index in [4.69, 9.17) is 4.74 Å². The predicted octanol–water partition coefficient (Wildman–Crippen LogP) is 0.506. The molecular weight excluding hydrogens is 274 g/mol. The van der Waals surface area contributed by atoms with Crippen LogP contribution in [0.15, 0.2) is 0 Å². The lowest BCUT2D eigenvalue weighted by Crippen LogP contribution is -2.55. The van der Waals surface area contributed by atoms with Gasteiger partial charge < -0.3 is 20.5 Å². The Morgan fingerprint density at radius 1 is 1.24 bits per heavy atom. The highest BCUT2D eigenvalue weighted by Crippen LogP contribution is 2.19. The summed E-state index contributed by atoms with van der Waals surface area (Å²) in [4.78, 5) is 25.4. The summed E-state index contributed by atoms with van der Waals surface area (Å²) in [7, 11) is 0.